The molecule has 11 nitrogen and oxygen atoms in total. The molecule has 0 amide bonds. The Morgan fingerprint density at radius 2 is 1.27 bits per heavy atom. The van der Waals surface area contributed by atoms with Crippen LogP contribution in [-0.4, -0.2) is 26.2 Å². The maximum atomic E-state index is 11.1. The number of esters is 2. The van der Waals surface area contributed by atoms with E-state index in [0.717, 1.165) is 16.3 Å². The van der Waals surface area contributed by atoms with E-state index in [-0.39, 0.29) is 39.5 Å². The first-order valence-corrected chi connectivity index (χ1v) is 8.12. The van der Waals surface area contributed by atoms with E-state index in [0.29, 0.717) is 17.9 Å². The number of hydrogen-bond acceptors (Lipinski definition) is 5. The SMILES string of the molecule is COC(=O)[C]=[C]Cc1c(OC)ccc2ccc(OC(C)=O)cc12.[C-]#[O+].[C-]#[O+].[C-]#[O+].[C-]#[O+].[C-]#[O+].[C-]#[O+].[Co].[Co]. The van der Waals surface area contributed by atoms with Crippen LogP contribution in [0.5, 0.6) is 11.5 Å². The number of ether oxygens (including phenoxy) is 3. The first-order valence-electron chi connectivity index (χ1n) is 8.12. The summed E-state index contributed by atoms with van der Waals surface area (Å²) in [4.78, 5) is 22.2. The van der Waals surface area contributed by atoms with Crippen LogP contribution in [-0.2, 0) is 82.2 Å². The van der Waals surface area contributed by atoms with E-state index in [9.17, 15) is 9.59 Å². The van der Waals surface area contributed by atoms with Crippen molar-refractivity contribution in [3.05, 3.63) is 87.9 Å². The van der Waals surface area contributed by atoms with Crippen LogP contribution in [0.1, 0.15) is 12.5 Å². The Balaban J connectivity index is -0.000000113. The van der Waals surface area contributed by atoms with E-state index in [1.807, 2.05) is 18.2 Å². The van der Waals surface area contributed by atoms with E-state index in [4.69, 9.17) is 37.4 Å². The van der Waals surface area contributed by atoms with Crippen LogP contribution in [0.25, 0.3) is 10.8 Å². The molecule has 0 aliphatic heterocycles. The molecule has 0 N–H and O–H groups in total. The topological polar surface area (TPSA) is 181 Å². The van der Waals surface area contributed by atoms with Gasteiger partial charge in [-0.15, -0.1) is 0 Å². The third-order valence-corrected chi connectivity index (χ3v) is 3.18. The second kappa shape index (κ2) is 39.8. The molecule has 37 heavy (non-hydrogen) atoms. The molecule has 0 heterocycles. The fraction of sp³-hybridized carbons (Fsp3) is 0.167. The zero-order valence-corrected chi connectivity index (χ0v) is 21.3. The Kier molecular flexibility index (Phi) is 54.4. The maximum Gasteiger partial charge on any atom is 0 e. The average molecular weight is 598 g/mol. The first kappa shape index (κ1) is 50.5. The predicted molar refractivity (Wildman–Crippen MR) is 108 cm³/mol. The number of carbonyl (C=O) groups excluding carboxylic acids is 2. The van der Waals surface area contributed by atoms with Crippen molar-refractivity contribution in [1.82, 2.24) is 0 Å². The number of hydrogen-bond donors (Lipinski definition) is 0. The van der Waals surface area contributed by atoms with Crippen molar-refractivity contribution < 1.29 is 85.3 Å². The van der Waals surface area contributed by atoms with Crippen molar-refractivity contribution in [2.75, 3.05) is 14.2 Å². The summed E-state index contributed by atoms with van der Waals surface area (Å²) in [6.07, 6.45) is 5.46. The quantitative estimate of drug-likeness (QED) is 0.168. The monoisotopic (exact) mass is 598 g/mol. The molecule has 0 atom stereocenters. The molecule has 0 bridgehead atoms. The van der Waals surface area contributed by atoms with Gasteiger partial charge in [-0.05, 0) is 35.0 Å². The second-order valence-electron chi connectivity index (χ2n) is 4.69. The molecule has 2 rings (SSSR count). The molecule has 0 aromatic heterocycles. The maximum absolute atomic E-state index is 11.1. The molecular formula is C24H16Co2O11. The van der Waals surface area contributed by atoms with Crippen molar-refractivity contribution >= 4 is 22.7 Å². The molecule has 0 fully saturated rings. The van der Waals surface area contributed by atoms with Crippen molar-refractivity contribution in [3.63, 3.8) is 0 Å². The van der Waals surface area contributed by atoms with Gasteiger partial charge in [0, 0.05) is 52.5 Å². The summed E-state index contributed by atoms with van der Waals surface area (Å²) < 4.78 is 60.0. The van der Waals surface area contributed by atoms with Gasteiger partial charge in [0.15, 0.2) is 0 Å². The van der Waals surface area contributed by atoms with Crippen molar-refractivity contribution in [2.45, 2.75) is 13.3 Å². The summed E-state index contributed by atoms with van der Waals surface area (Å²) in [6, 6.07) is 9.07. The van der Waals surface area contributed by atoms with Crippen molar-refractivity contribution in [3.8, 4) is 11.5 Å². The largest absolute Gasteiger partial charge is 0 e. The van der Waals surface area contributed by atoms with Crippen molar-refractivity contribution in [2.24, 2.45) is 0 Å². The van der Waals surface area contributed by atoms with Crippen LogP contribution in [0.2, 0.25) is 0 Å². The Hall–Kier alpha value is -3.37. The number of fused-ring (bicyclic) bond motifs is 1. The minimum absolute atomic E-state index is 0. The average Bonchev–Trinajstić information content (AvgIpc) is 2.95. The molecule has 13 heteroatoms. The van der Waals surface area contributed by atoms with E-state index in [2.05, 4.69) is 56.8 Å². The van der Waals surface area contributed by atoms with E-state index < -0.39 is 5.97 Å². The molecule has 0 unspecified atom stereocenters. The van der Waals surface area contributed by atoms with Gasteiger partial charge < -0.3 is 14.2 Å². The molecule has 196 valence electrons. The normalized spacial score (nSPS) is 7.00. The second-order valence-corrected chi connectivity index (χ2v) is 4.69. The van der Waals surface area contributed by atoms with E-state index in [1.54, 1.807) is 19.2 Å². The van der Waals surface area contributed by atoms with Gasteiger partial charge in [0.05, 0.1) is 20.3 Å². The Morgan fingerprint density at radius 3 is 1.68 bits per heavy atom. The minimum Gasteiger partial charge on any atom is 0 e. The van der Waals surface area contributed by atoms with Crippen LogP contribution in [0, 0.1) is 52.1 Å². The third kappa shape index (κ3) is 22.8. The van der Waals surface area contributed by atoms with Crippen LogP contribution in [0.15, 0.2) is 30.3 Å². The number of rotatable bonds is 5. The predicted octanol–water partition coefficient (Wildman–Crippen LogP) is 2.42. The molecular weight excluding hydrogens is 582 g/mol. The standard InChI is InChI=1S/C18H16O5.6CO.2Co/c1-12(19)23-14-9-7-13-8-10-17(21-2)15(16(13)11-14)5-4-6-18(20)22-3;6*1-2;;/h7-11H,5H2,1-3H3;;;;;;;;. The van der Waals surface area contributed by atoms with Gasteiger partial charge >= 0.3 is 79.8 Å². The van der Waals surface area contributed by atoms with Crippen LogP contribution >= 0.6 is 0 Å². The number of benzene rings is 2. The van der Waals surface area contributed by atoms with Gasteiger partial charge in [0.2, 0.25) is 0 Å². The van der Waals surface area contributed by atoms with Crippen LogP contribution < -0.4 is 9.47 Å². The number of allylic oxidation sites excluding steroid dienone is 1. The summed E-state index contributed by atoms with van der Waals surface area (Å²) in [6.45, 7) is 28.3. The van der Waals surface area contributed by atoms with E-state index in [1.165, 1.54) is 14.0 Å². The van der Waals surface area contributed by atoms with Crippen LogP contribution in [0.4, 0.5) is 0 Å². The van der Waals surface area contributed by atoms with Gasteiger partial charge in [-0.3, -0.25) is 4.79 Å². The molecule has 2 aromatic carbocycles. The fourth-order valence-electron chi connectivity index (χ4n) is 2.20. The smallest absolute Gasteiger partial charge is 0 e. The number of carbonyl (C=O) groups is 2. The molecule has 2 aromatic rings. The summed E-state index contributed by atoms with van der Waals surface area (Å²) in [5.74, 6) is 0.112. The molecule has 0 aliphatic rings. The van der Waals surface area contributed by atoms with Crippen molar-refractivity contribution in [1.29, 1.82) is 0 Å². The Morgan fingerprint density at radius 1 is 0.811 bits per heavy atom. The fourth-order valence-corrected chi connectivity index (χ4v) is 2.20. The molecule has 0 aliphatic carbocycles. The summed E-state index contributed by atoms with van der Waals surface area (Å²) >= 11 is 0. The number of methoxy groups -OCH3 is 2. The van der Waals surface area contributed by atoms with Gasteiger partial charge in [0.25, 0.3) is 0 Å². The zero-order chi connectivity index (χ0) is 28.8. The van der Waals surface area contributed by atoms with Gasteiger partial charge in [-0.2, -0.15) is 0 Å². The van der Waals surface area contributed by atoms with Crippen LogP contribution in [0.3, 0.4) is 0 Å². The summed E-state index contributed by atoms with van der Waals surface area (Å²) in [5.41, 5.74) is 0.815. The zero-order valence-electron chi connectivity index (χ0n) is 19.3. The molecule has 0 saturated carbocycles. The molecule has 0 saturated heterocycles. The van der Waals surface area contributed by atoms with Gasteiger partial charge in [-0.25, -0.2) is 4.79 Å². The summed E-state index contributed by atoms with van der Waals surface area (Å²) in [5, 5.41) is 1.80. The Bertz CT molecular complexity index is 987. The molecule has 0 spiro atoms. The van der Waals surface area contributed by atoms with Gasteiger partial charge in [0.1, 0.15) is 11.5 Å². The van der Waals surface area contributed by atoms with E-state index >= 15 is 0 Å². The Labute approximate surface area is 234 Å². The third-order valence-electron chi connectivity index (χ3n) is 3.18. The van der Waals surface area contributed by atoms with Gasteiger partial charge in [-0.1, -0.05) is 12.1 Å². The molecule has 4 radical (unpaired) electrons. The summed E-state index contributed by atoms with van der Waals surface area (Å²) in [7, 11) is 2.84. The first-order chi connectivity index (χ1) is 17.0. The minimum atomic E-state index is -0.593.